The summed E-state index contributed by atoms with van der Waals surface area (Å²) in [5.41, 5.74) is 7.29. The first kappa shape index (κ1) is 26.6. The number of carbonyl (C=O) groups excluding carboxylic acids is 1. The number of methoxy groups -OCH3 is 1. The molecule has 0 spiro atoms. The molecule has 0 heterocycles. The maximum atomic E-state index is 12.9. The lowest BCUT2D eigenvalue weighted by Gasteiger charge is -2.25. The number of benzene rings is 2. The second-order valence-corrected chi connectivity index (χ2v) is 9.89. The molecule has 9 nitrogen and oxygen atoms in total. The summed E-state index contributed by atoms with van der Waals surface area (Å²) in [5, 5.41) is 23.2. The molecular formula is C23H33N3O6S. The molecule has 4 atom stereocenters. The van der Waals surface area contributed by atoms with Gasteiger partial charge in [0.25, 0.3) is 0 Å². The highest BCUT2D eigenvalue weighted by molar-refractivity contribution is 7.92. The Morgan fingerprint density at radius 2 is 1.76 bits per heavy atom. The van der Waals surface area contributed by atoms with Crippen LogP contribution in [0, 0.1) is 0 Å². The number of amides is 1. The SMILES string of the molecule is COc1ccc(NS(=O)(=O)C[C@H](O)[C@H](Cc2ccccc2)NC(=O)[C@@H](C)N)c(C[C@@H](C)O)c1. The number of sulfonamides is 1. The first-order valence-corrected chi connectivity index (χ1v) is 12.3. The predicted molar refractivity (Wildman–Crippen MR) is 128 cm³/mol. The van der Waals surface area contributed by atoms with Crippen LogP contribution >= 0.6 is 0 Å². The number of nitrogens with two attached hydrogens (primary N) is 1. The number of hydrogen-bond acceptors (Lipinski definition) is 7. The molecule has 6 N–H and O–H groups in total. The third-order valence-corrected chi connectivity index (χ3v) is 6.30. The van der Waals surface area contributed by atoms with Gasteiger partial charge in [0.15, 0.2) is 0 Å². The van der Waals surface area contributed by atoms with Crippen molar-refractivity contribution in [2.75, 3.05) is 17.6 Å². The minimum atomic E-state index is -4.01. The van der Waals surface area contributed by atoms with Gasteiger partial charge in [-0.3, -0.25) is 9.52 Å². The van der Waals surface area contributed by atoms with Gasteiger partial charge in [0, 0.05) is 6.42 Å². The first-order valence-electron chi connectivity index (χ1n) is 10.6. The van der Waals surface area contributed by atoms with E-state index in [0.717, 1.165) is 5.56 Å². The van der Waals surface area contributed by atoms with Crippen LogP contribution in [0.25, 0.3) is 0 Å². The summed E-state index contributed by atoms with van der Waals surface area (Å²) in [4.78, 5) is 12.2. The van der Waals surface area contributed by atoms with Gasteiger partial charge in [-0.1, -0.05) is 30.3 Å². The van der Waals surface area contributed by atoms with Crippen LogP contribution in [0.4, 0.5) is 5.69 Å². The van der Waals surface area contributed by atoms with Crippen molar-refractivity contribution in [1.82, 2.24) is 5.32 Å². The van der Waals surface area contributed by atoms with Crippen molar-refractivity contribution in [1.29, 1.82) is 0 Å². The monoisotopic (exact) mass is 479 g/mol. The van der Waals surface area contributed by atoms with Crippen LogP contribution < -0.4 is 20.5 Å². The van der Waals surface area contributed by atoms with E-state index in [1.165, 1.54) is 14.0 Å². The van der Waals surface area contributed by atoms with Crippen molar-refractivity contribution in [3.8, 4) is 5.75 Å². The Kier molecular flexibility index (Phi) is 9.66. The summed E-state index contributed by atoms with van der Waals surface area (Å²) in [5.74, 6) is -0.617. The number of aliphatic hydroxyl groups excluding tert-OH is 2. The Morgan fingerprint density at radius 1 is 1.09 bits per heavy atom. The fraction of sp³-hybridized carbons (Fsp3) is 0.435. The Bertz CT molecular complexity index is 1010. The predicted octanol–water partition coefficient (Wildman–Crippen LogP) is 0.796. The molecule has 0 bridgehead atoms. The number of rotatable bonds is 12. The van der Waals surface area contributed by atoms with Crippen LogP contribution in [0.3, 0.4) is 0 Å². The van der Waals surface area contributed by atoms with Gasteiger partial charge >= 0.3 is 0 Å². The van der Waals surface area contributed by atoms with Crippen LogP contribution in [0.5, 0.6) is 5.75 Å². The van der Waals surface area contributed by atoms with Crippen molar-refractivity contribution >= 4 is 21.6 Å². The molecule has 1 amide bonds. The minimum Gasteiger partial charge on any atom is -0.497 e. The van der Waals surface area contributed by atoms with Gasteiger partial charge in [-0.15, -0.1) is 0 Å². The van der Waals surface area contributed by atoms with Crippen molar-refractivity contribution in [3.05, 3.63) is 59.7 Å². The smallest absolute Gasteiger partial charge is 0.236 e. The summed E-state index contributed by atoms with van der Waals surface area (Å²) in [7, 11) is -2.52. The fourth-order valence-corrected chi connectivity index (χ4v) is 4.60. The molecule has 2 rings (SSSR count). The topological polar surface area (TPSA) is 151 Å². The molecule has 0 aliphatic carbocycles. The van der Waals surface area contributed by atoms with Crippen LogP contribution in [-0.4, -0.2) is 61.7 Å². The highest BCUT2D eigenvalue weighted by Gasteiger charge is 2.28. The van der Waals surface area contributed by atoms with E-state index in [1.807, 2.05) is 30.3 Å². The van der Waals surface area contributed by atoms with Gasteiger partial charge in [-0.05, 0) is 49.6 Å². The molecule has 0 fully saturated rings. The molecule has 0 saturated carbocycles. The second kappa shape index (κ2) is 12.0. The number of hydrogen-bond donors (Lipinski definition) is 5. The maximum absolute atomic E-state index is 12.9. The second-order valence-electron chi connectivity index (χ2n) is 8.12. The Balaban J connectivity index is 2.21. The quantitative estimate of drug-likeness (QED) is 0.302. The van der Waals surface area contributed by atoms with Gasteiger partial charge < -0.3 is 26.0 Å². The van der Waals surface area contributed by atoms with Crippen LogP contribution in [0.2, 0.25) is 0 Å². The van der Waals surface area contributed by atoms with E-state index in [1.54, 1.807) is 25.1 Å². The molecule has 2 aromatic rings. The van der Waals surface area contributed by atoms with Crippen molar-refractivity contribution in [3.63, 3.8) is 0 Å². The van der Waals surface area contributed by atoms with E-state index in [4.69, 9.17) is 10.5 Å². The lowest BCUT2D eigenvalue weighted by atomic mass is 10.0. The average molecular weight is 480 g/mol. The summed E-state index contributed by atoms with van der Waals surface area (Å²) in [6.07, 6.45) is -1.66. The van der Waals surface area contributed by atoms with Crippen molar-refractivity contribution in [2.45, 2.75) is 51.0 Å². The molecular weight excluding hydrogens is 446 g/mol. The van der Waals surface area contributed by atoms with E-state index in [-0.39, 0.29) is 18.5 Å². The zero-order valence-electron chi connectivity index (χ0n) is 19.1. The maximum Gasteiger partial charge on any atom is 0.236 e. The molecule has 33 heavy (non-hydrogen) atoms. The Morgan fingerprint density at radius 3 is 2.33 bits per heavy atom. The number of aliphatic hydroxyl groups is 2. The molecule has 0 saturated heterocycles. The van der Waals surface area contributed by atoms with Crippen LogP contribution in [0.1, 0.15) is 25.0 Å². The summed E-state index contributed by atoms with van der Waals surface area (Å²) in [6, 6.07) is 12.2. The van der Waals surface area contributed by atoms with E-state index in [9.17, 15) is 23.4 Å². The Hall–Kier alpha value is -2.66. The normalized spacial score (nSPS) is 15.2. The fourth-order valence-electron chi connectivity index (χ4n) is 3.30. The Labute approximate surface area is 195 Å². The van der Waals surface area contributed by atoms with Gasteiger partial charge in [0.1, 0.15) is 5.75 Å². The highest BCUT2D eigenvalue weighted by Crippen LogP contribution is 2.25. The van der Waals surface area contributed by atoms with Crippen molar-refractivity contribution in [2.24, 2.45) is 5.73 Å². The number of anilines is 1. The summed E-state index contributed by atoms with van der Waals surface area (Å²) in [6.45, 7) is 3.10. The average Bonchev–Trinajstić information content (AvgIpc) is 2.74. The standard InChI is InChI=1S/C23H33N3O6S/c1-15(27)11-18-13-19(32-3)9-10-20(18)26-33(30,31)14-22(28)21(25-23(29)16(2)24)12-17-7-5-4-6-8-17/h4-10,13,15-16,21-22,26-28H,11-12,14,24H2,1-3H3,(H,25,29)/t15-,16-,21+,22+/m1/s1. The lowest BCUT2D eigenvalue weighted by Crippen LogP contribution is -2.52. The van der Waals surface area contributed by atoms with Gasteiger partial charge in [-0.25, -0.2) is 8.42 Å². The summed E-state index contributed by atoms with van der Waals surface area (Å²) >= 11 is 0. The van der Waals surface area contributed by atoms with Crippen LogP contribution in [-0.2, 0) is 27.7 Å². The van der Waals surface area contributed by atoms with E-state index in [0.29, 0.717) is 11.3 Å². The number of nitrogens with one attached hydrogen (secondary N) is 2. The molecule has 10 heteroatoms. The molecule has 182 valence electrons. The van der Waals surface area contributed by atoms with Crippen molar-refractivity contribution < 1.29 is 28.2 Å². The van der Waals surface area contributed by atoms with Gasteiger partial charge in [0.05, 0.1) is 42.8 Å². The zero-order chi connectivity index (χ0) is 24.6. The van der Waals surface area contributed by atoms with E-state index >= 15 is 0 Å². The molecule has 0 radical (unpaired) electrons. The lowest BCUT2D eigenvalue weighted by molar-refractivity contribution is -0.123. The van der Waals surface area contributed by atoms with E-state index in [2.05, 4.69) is 10.0 Å². The minimum absolute atomic E-state index is 0.207. The molecule has 0 aromatic heterocycles. The highest BCUT2D eigenvalue weighted by atomic mass is 32.2. The van der Waals surface area contributed by atoms with E-state index < -0.39 is 46.0 Å². The third kappa shape index (κ3) is 8.65. The third-order valence-electron chi connectivity index (χ3n) is 4.99. The first-order chi connectivity index (χ1) is 15.5. The molecule has 2 aromatic carbocycles. The number of ether oxygens (including phenoxy) is 1. The molecule has 0 unspecified atom stereocenters. The zero-order valence-corrected chi connectivity index (χ0v) is 19.9. The van der Waals surface area contributed by atoms with Gasteiger partial charge in [-0.2, -0.15) is 0 Å². The number of carbonyl (C=O) groups is 1. The van der Waals surface area contributed by atoms with Crippen LogP contribution in [0.15, 0.2) is 48.5 Å². The molecule has 0 aliphatic rings. The summed E-state index contributed by atoms with van der Waals surface area (Å²) < 4.78 is 33.4. The molecule has 0 aliphatic heterocycles. The largest absolute Gasteiger partial charge is 0.497 e. The van der Waals surface area contributed by atoms with Gasteiger partial charge in [0.2, 0.25) is 15.9 Å².